The number of carbonyl (C=O) groups excluding carboxylic acids is 1. The van der Waals surface area contributed by atoms with E-state index in [0.29, 0.717) is 5.78 Å². The summed E-state index contributed by atoms with van der Waals surface area (Å²) >= 11 is 0. The van der Waals surface area contributed by atoms with Gasteiger partial charge in [0.15, 0.2) is 0 Å². The summed E-state index contributed by atoms with van der Waals surface area (Å²) in [5.74, 6) is 0.558. The third-order valence-corrected chi connectivity index (χ3v) is 2.01. The van der Waals surface area contributed by atoms with E-state index in [1.165, 1.54) is 19.3 Å². The van der Waals surface area contributed by atoms with Gasteiger partial charge in [-0.05, 0) is 13.3 Å². The molecule has 0 saturated carbocycles. The van der Waals surface area contributed by atoms with Crippen molar-refractivity contribution in [3.8, 4) is 0 Å². The molecule has 1 heteroatoms. The number of rotatable bonds is 4. The summed E-state index contributed by atoms with van der Waals surface area (Å²) in [6, 6.07) is 0. The normalized spacial score (nSPS) is 11.4. The molecule has 0 N–H and O–H groups in total. The maximum atomic E-state index is 10.4. The van der Waals surface area contributed by atoms with Gasteiger partial charge in [-0.15, -0.1) is 0 Å². The van der Waals surface area contributed by atoms with Crippen LogP contribution in [0.1, 0.15) is 60.3 Å². The van der Waals surface area contributed by atoms with Crippen LogP contribution in [-0.4, -0.2) is 5.78 Å². The molecule has 0 spiro atoms. The van der Waals surface area contributed by atoms with Gasteiger partial charge in [-0.2, -0.15) is 0 Å². The van der Waals surface area contributed by atoms with Crippen molar-refractivity contribution in [2.45, 2.75) is 60.3 Å². The van der Waals surface area contributed by atoms with Crippen LogP contribution in [0.4, 0.5) is 0 Å². The standard InChI is InChI=1S/C6H12O.C5H12/c1-4-5(2)6(3)7;1-3-5-4-2/h5H,4H2,1-3H3;3-5H2,1-2H3. The Hall–Kier alpha value is -0.330. The highest BCUT2D eigenvalue weighted by atomic mass is 16.1. The summed E-state index contributed by atoms with van der Waals surface area (Å²) < 4.78 is 0. The molecule has 0 aliphatic heterocycles. The van der Waals surface area contributed by atoms with Crippen LogP contribution in [0.25, 0.3) is 0 Å². The number of Topliss-reactive ketones (excluding diaryl/α,β-unsaturated/α-hetero) is 1. The first-order valence-electron chi connectivity index (χ1n) is 5.10. The molecule has 0 radical (unpaired) electrons. The van der Waals surface area contributed by atoms with E-state index in [0.717, 1.165) is 6.42 Å². The van der Waals surface area contributed by atoms with Gasteiger partial charge in [0.25, 0.3) is 0 Å². The fourth-order valence-corrected chi connectivity index (χ4v) is 0.641. The van der Waals surface area contributed by atoms with Crippen LogP contribution in [0.5, 0.6) is 0 Å². The fourth-order valence-electron chi connectivity index (χ4n) is 0.641. The van der Waals surface area contributed by atoms with Crippen LogP contribution in [0.15, 0.2) is 0 Å². The van der Waals surface area contributed by atoms with Gasteiger partial charge in [-0.1, -0.05) is 47.0 Å². The Morgan fingerprint density at radius 2 is 1.58 bits per heavy atom. The van der Waals surface area contributed by atoms with Crippen molar-refractivity contribution in [3.63, 3.8) is 0 Å². The zero-order valence-electron chi connectivity index (χ0n) is 9.31. The number of hydrogen-bond acceptors (Lipinski definition) is 1. The highest BCUT2D eigenvalue weighted by molar-refractivity contribution is 5.77. The largest absolute Gasteiger partial charge is 0.300 e. The zero-order valence-corrected chi connectivity index (χ0v) is 9.31. The van der Waals surface area contributed by atoms with Crippen molar-refractivity contribution in [1.29, 1.82) is 0 Å². The van der Waals surface area contributed by atoms with Crippen LogP contribution < -0.4 is 0 Å². The second-order valence-corrected chi connectivity index (χ2v) is 3.27. The molecule has 0 heterocycles. The van der Waals surface area contributed by atoms with Gasteiger partial charge >= 0.3 is 0 Å². The van der Waals surface area contributed by atoms with E-state index >= 15 is 0 Å². The van der Waals surface area contributed by atoms with Crippen molar-refractivity contribution in [3.05, 3.63) is 0 Å². The van der Waals surface area contributed by atoms with Crippen molar-refractivity contribution in [2.75, 3.05) is 0 Å². The van der Waals surface area contributed by atoms with Crippen LogP contribution in [0.3, 0.4) is 0 Å². The average molecular weight is 172 g/mol. The quantitative estimate of drug-likeness (QED) is 0.630. The smallest absolute Gasteiger partial charge is 0.132 e. The highest BCUT2D eigenvalue weighted by Crippen LogP contribution is 1.99. The summed E-state index contributed by atoms with van der Waals surface area (Å²) in [4.78, 5) is 10.4. The van der Waals surface area contributed by atoms with Gasteiger partial charge in [-0.3, -0.25) is 4.79 Å². The second kappa shape index (κ2) is 10.7. The first-order valence-corrected chi connectivity index (χ1v) is 5.10. The molecule has 1 atom stereocenters. The summed E-state index contributed by atoms with van der Waals surface area (Å²) in [5.41, 5.74) is 0. The van der Waals surface area contributed by atoms with Crippen LogP contribution in [0.2, 0.25) is 0 Å². The molecular formula is C11H24O. The van der Waals surface area contributed by atoms with E-state index in [-0.39, 0.29) is 5.92 Å². The summed E-state index contributed by atoms with van der Waals surface area (Å²) in [6.07, 6.45) is 5.04. The number of unbranched alkanes of at least 4 members (excludes halogenated alkanes) is 2. The van der Waals surface area contributed by atoms with E-state index in [1.807, 2.05) is 13.8 Å². The number of ketones is 1. The van der Waals surface area contributed by atoms with Crippen molar-refractivity contribution in [1.82, 2.24) is 0 Å². The lowest BCUT2D eigenvalue weighted by molar-refractivity contribution is -0.120. The molecule has 0 bridgehead atoms. The Bertz CT molecular complexity index is 95.2. The van der Waals surface area contributed by atoms with Crippen LogP contribution in [-0.2, 0) is 4.79 Å². The lowest BCUT2D eigenvalue weighted by Gasteiger charge is -1.98. The van der Waals surface area contributed by atoms with Gasteiger partial charge in [0.1, 0.15) is 5.78 Å². The summed E-state index contributed by atoms with van der Waals surface area (Å²) in [5, 5.41) is 0. The lowest BCUT2D eigenvalue weighted by Crippen LogP contribution is -2.03. The highest BCUT2D eigenvalue weighted by Gasteiger charge is 2.01. The summed E-state index contributed by atoms with van der Waals surface area (Å²) in [7, 11) is 0. The second-order valence-electron chi connectivity index (χ2n) is 3.27. The van der Waals surface area contributed by atoms with Crippen LogP contribution >= 0.6 is 0 Å². The molecule has 1 nitrogen and oxygen atoms in total. The Morgan fingerprint density at radius 3 is 1.58 bits per heavy atom. The fraction of sp³-hybridized carbons (Fsp3) is 0.909. The van der Waals surface area contributed by atoms with Gasteiger partial charge in [0.2, 0.25) is 0 Å². The minimum atomic E-state index is 0.264. The molecule has 0 amide bonds. The van der Waals surface area contributed by atoms with Gasteiger partial charge in [0.05, 0.1) is 0 Å². The van der Waals surface area contributed by atoms with Gasteiger partial charge in [0, 0.05) is 5.92 Å². The third-order valence-electron chi connectivity index (χ3n) is 2.01. The topological polar surface area (TPSA) is 17.1 Å². The van der Waals surface area contributed by atoms with Crippen molar-refractivity contribution < 1.29 is 4.79 Å². The SMILES string of the molecule is CCC(C)C(C)=O.CCCCC. The molecule has 74 valence electrons. The Morgan fingerprint density at radius 1 is 1.17 bits per heavy atom. The lowest BCUT2D eigenvalue weighted by atomic mass is 10.1. The van der Waals surface area contributed by atoms with E-state index in [4.69, 9.17) is 0 Å². The van der Waals surface area contributed by atoms with Crippen molar-refractivity contribution in [2.24, 2.45) is 5.92 Å². The van der Waals surface area contributed by atoms with Gasteiger partial charge in [-0.25, -0.2) is 0 Å². The Balaban J connectivity index is 0. The molecule has 0 aromatic rings. The average Bonchev–Trinajstić information content (AvgIpc) is 2.05. The molecule has 0 aliphatic carbocycles. The van der Waals surface area contributed by atoms with Crippen LogP contribution in [0, 0.1) is 5.92 Å². The van der Waals surface area contributed by atoms with E-state index in [1.54, 1.807) is 6.92 Å². The monoisotopic (exact) mass is 172 g/mol. The zero-order chi connectivity index (χ0) is 9.98. The van der Waals surface area contributed by atoms with Gasteiger partial charge < -0.3 is 0 Å². The van der Waals surface area contributed by atoms with E-state index < -0.39 is 0 Å². The molecular weight excluding hydrogens is 148 g/mol. The molecule has 0 saturated heterocycles. The molecule has 0 aliphatic rings. The van der Waals surface area contributed by atoms with E-state index in [9.17, 15) is 4.79 Å². The minimum absolute atomic E-state index is 0.264. The molecule has 0 fully saturated rings. The number of hydrogen-bond donors (Lipinski definition) is 0. The molecule has 0 aromatic carbocycles. The Kier molecular flexibility index (Phi) is 12.6. The maximum Gasteiger partial charge on any atom is 0.132 e. The molecule has 1 unspecified atom stereocenters. The predicted molar refractivity (Wildman–Crippen MR) is 55.3 cm³/mol. The molecule has 0 rings (SSSR count). The number of carbonyl (C=O) groups is 1. The first-order chi connectivity index (χ1) is 5.59. The molecule has 12 heavy (non-hydrogen) atoms. The molecule has 0 aromatic heterocycles. The minimum Gasteiger partial charge on any atom is -0.300 e. The predicted octanol–water partition coefficient (Wildman–Crippen LogP) is 3.82. The third kappa shape index (κ3) is 12.4. The first kappa shape index (κ1) is 14.2. The Labute approximate surface area is 77.6 Å². The summed E-state index contributed by atoms with van der Waals surface area (Å²) in [6.45, 7) is 10.0. The van der Waals surface area contributed by atoms with E-state index in [2.05, 4.69) is 13.8 Å². The van der Waals surface area contributed by atoms with Crippen molar-refractivity contribution >= 4 is 5.78 Å². The maximum absolute atomic E-state index is 10.4.